The molecule has 3 saturated heterocycles. The SMILES string of the molecule is C1CNCCNCCCN(CCCNCCN(CCNCCCN2CCCNCCNCCCNCC2)CCNCCCN2CCCNCCNCCCNCC2)CCNC1. The lowest BCUT2D eigenvalue weighted by atomic mass is 10.3. The first kappa shape index (κ1) is 54.7. The second-order valence-electron chi connectivity index (χ2n) is 17.5. The van der Waals surface area contributed by atoms with Gasteiger partial charge in [-0.25, -0.2) is 0 Å². The van der Waals surface area contributed by atoms with Crippen molar-refractivity contribution in [3.05, 3.63) is 0 Å². The highest BCUT2D eigenvalue weighted by Gasteiger charge is 2.10. The number of nitrogens with one attached hydrogen (secondary N) is 12. The van der Waals surface area contributed by atoms with Gasteiger partial charge in [0.1, 0.15) is 0 Å². The Kier molecular flexibility index (Phi) is 38.8. The van der Waals surface area contributed by atoms with Gasteiger partial charge in [0, 0.05) is 118 Å². The fourth-order valence-corrected chi connectivity index (χ4v) is 8.38. The predicted octanol–water partition coefficient (Wildman–Crippen LogP) is -2.18. The number of rotatable bonds is 21. The summed E-state index contributed by atoms with van der Waals surface area (Å²) in [6.07, 6.45) is 10.9. The summed E-state index contributed by atoms with van der Waals surface area (Å²) in [4.78, 5) is 10.7. The van der Waals surface area contributed by atoms with E-state index >= 15 is 0 Å². The van der Waals surface area contributed by atoms with Crippen molar-refractivity contribution < 1.29 is 0 Å². The van der Waals surface area contributed by atoms with Gasteiger partial charge in [-0.05, 0) is 176 Å². The molecule has 3 aliphatic heterocycles. The molecule has 12 N–H and O–H groups in total. The van der Waals surface area contributed by atoms with Crippen LogP contribution in [0.4, 0.5) is 0 Å². The van der Waals surface area contributed by atoms with Crippen LogP contribution in [0.5, 0.6) is 0 Å². The number of nitrogens with zero attached hydrogens (tertiary/aromatic N) is 4. The average molecular weight is 867 g/mol. The predicted molar refractivity (Wildman–Crippen MR) is 262 cm³/mol. The first-order chi connectivity index (χ1) is 30.4. The zero-order valence-electron chi connectivity index (χ0n) is 39.6. The van der Waals surface area contributed by atoms with Gasteiger partial charge in [0.15, 0.2) is 0 Å². The van der Waals surface area contributed by atoms with E-state index in [9.17, 15) is 0 Å². The van der Waals surface area contributed by atoms with Crippen LogP contribution in [0.1, 0.15) is 57.8 Å². The molecule has 0 bridgehead atoms. The summed E-state index contributed by atoms with van der Waals surface area (Å²) in [5, 5.41) is 43.9. The minimum Gasteiger partial charge on any atom is -0.315 e. The van der Waals surface area contributed by atoms with E-state index in [1.165, 1.54) is 97.1 Å². The Labute approximate surface area is 375 Å². The highest BCUT2D eigenvalue weighted by Crippen LogP contribution is 1.98. The molecule has 3 rings (SSSR count). The highest BCUT2D eigenvalue weighted by atomic mass is 15.2. The van der Waals surface area contributed by atoms with E-state index in [4.69, 9.17) is 0 Å². The molecule has 0 aromatic carbocycles. The van der Waals surface area contributed by atoms with Crippen LogP contribution in [-0.2, 0) is 0 Å². The Balaban J connectivity index is 1.35. The maximum absolute atomic E-state index is 3.82. The quantitative estimate of drug-likeness (QED) is 0.0566. The Morgan fingerprint density at radius 2 is 0.541 bits per heavy atom. The molecule has 0 aromatic heterocycles. The molecule has 3 heterocycles. The molecule has 0 atom stereocenters. The Morgan fingerprint density at radius 3 is 0.836 bits per heavy atom. The topological polar surface area (TPSA) is 157 Å². The molecule has 0 aliphatic carbocycles. The van der Waals surface area contributed by atoms with Gasteiger partial charge >= 0.3 is 0 Å². The Morgan fingerprint density at radius 1 is 0.279 bits per heavy atom. The minimum absolute atomic E-state index is 1.06. The van der Waals surface area contributed by atoms with Crippen molar-refractivity contribution in [2.45, 2.75) is 57.8 Å². The maximum atomic E-state index is 3.82. The van der Waals surface area contributed by atoms with Crippen molar-refractivity contribution in [1.82, 2.24) is 83.4 Å². The van der Waals surface area contributed by atoms with Crippen LogP contribution in [-0.4, -0.2) is 255 Å². The monoisotopic (exact) mass is 867 g/mol. The lowest BCUT2D eigenvalue weighted by Crippen LogP contribution is -2.42. The first-order valence-electron chi connectivity index (χ1n) is 25.8. The van der Waals surface area contributed by atoms with E-state index in [1.54, 1.807) is 0 Å². The molecule has 0 radical (unpaired) electrons. The molecule has 16 heteroatoms. The number of hydrogen-bond acceptors (Lipinski definition) is 16. The second kappa shape index (κ2) is 43.3. The van der Waals surface area contributed by atoms with Crippen LogP contribution in [0.25, 0.3) is 0 Å². The molecule has 0 saturated carbocycles. The first-order valence-corrected chi connectivity index (χ1v) is 25.8. The van der Waals surface area contributed by atoms with Crippen molar-refractivity contribution in [3.63, 3.8) is 0 Å². The third-order valence-corrected chi connectivity index (χ3v) is 12.2. The van der Waals surface area contributed by atoms with E-state index in [0.29, 0.717) is 0 Å². The molecule has 3 fully saturated rings. The van der Waals surface area contributed by atoms with Crippen LogP contribution < -0.4 is 63.8 Å². The van der Waals surface area contributed by atoms with Gasteiger partial charge in [0.2, 0.25) is 0 Å². The third-order valence-electron chi connectivity index (χ3n) is 12.2. The molecule has 61 heavy (non-hydrogen) atoms. The van der Waals surface area contributed by atoms with Gasteiger partial charge in [-0.2, -0.15) is 0 Å². The zero-order valence-corrected chi connectivity index (χ0v) is 39.6. The molecule has 3 aliphatic rings. The summed E-state index contributed by atoms with van der Waals surface area (Å²) in [7, 11) is 0. The largest absolute Gasteiger partial charge is 0.315 e. The Hall–Kier alpha value is -0.640. The molecular formula is C45H102N16. The maximum Gasteiger partial charge on any atom is 0.0108 e. The van der Waals surface area contributed by atoms with E-state index in [0.717, 1.165) is 196 Å². The Bertz CT molecular complexity index is 742. The van der Waals surface area contributed by atoms with Crippen molar-refractivity contribution in [3.8, 4) is 0 Å². The summed E-state index contributed by atoms with van der Waals surface area (Å²) < 4.78 is 0. The van der Waals surface area contributed by atoms with E-state index in [-0.39, 0.29) is 0 Å². The summed E-state index contributed by atoms with van der Waals surface area (Å²) in [6.45, 7) is 40.0. The van der Waals surface area contributed by atoms with Crippen LogP contribution in [0.3, 0.4) is 0 Å². The fraction of sp³-hybridized carbons (Fsp3) is 1.00. The van der Waals surface area contributed by atoms with Crippen LogP contribution in [0.15, 0.2) is 0 Å². The average Bonchev–Trinajstić information content (AvgIpc) is 3.27. The van der Waals surface area contributed by atoms with Gasteiger partial charge in [0.25, 0.3) is 0 Å². The van der Waals surface area contributed by atoms with Gasteiger partial charge in [0.05, 0.1) is 0 Å². The van der Waals surface area contributed by atoms with Crippen molar-refractivity contribution >= 4 is 0 Å². The standard InChI is InChI=1S/C45H102N16/c1-10-46-22-25-49-16-4-34-58(40-28-52-13-1)37-7-19-55-31-43-61(44-32-56-20-8-38-59-35-5-17-50-26-23-47-11-2-14-53-29-41-59)45-33-57-21-9-39-60-36-6-18-51-27-24-48-12-3-15-54-30-42-60/h46-57H,1-45H2. The normalized spacial score (nSPS) is 22.0. The third kappa shape index (κ3) is 35.3. The van der Waals surface area contributed by atoms with Gasteiger partial charge in [-0.3, -0.25) is 4.90 Å². The molecular weight excluding hydrogens is 765 g/mol. The fourth-order valence-electron chi connectivity index (χ4n) is 8.38. The summed E-state index contributed by atoms with van der Waals surface area (Å²) in [5.41, 5.74) is 0. The van der Waals surface area contributed by atoms with Gasteiger partial charge in [-0.1, -0.05) is 0 Å². The van der Waals surface area contributed by atoms with Crippen LogP contribution in [0.2, 0.25) is 0 Å². The summed E-state index contributed by atoms with van der Waals surface area (Å²) >= 11 is 0. The molecule has 0 amide bonds. The van der Waals surface area contributed by atoms with Gasteiger partial charge < -0.3 is 78.5 Å². The van der Waals surface area contributed by atoms with E-state index < -0.39 is 0 Å². The van der Waals surface area contributed by atoms with Crippen LogP contribution >= 0.6 is 0 Å². The van der Waals surface area contributed by atoms with Crippen molar-refractivity contribution in [2.24, 2.45) is 0 Å². The van der Waals surface area contributed by atoms with Crippen molar-refractivity contribution in [2.75, 3.05) is 236 Å². The highest BCUT2D eigenvalue weighted by molar-refractivity contribution is 4.70. The van der Waals surface area contributed by atoms with E-state index in [1.807, 2.05) is 0 Å². The zero-order chi connectivity index (χ0) is 42.6. The molecule has 0 aromatic rings. The van der Waals surface area contributed by atoms with Gasteiger partial charge in [-0.15, -0.1) is 0 Å². The lowest BCUT2D eigenvalue weighted by molar-refractivity contribution is 0.250. The molecule has 0 unspecified atom stereocenters. The molecule has 362 valence electrons. The van der Waals surface area contributed by atoms with Crippen molar-refractivity contribution in [1.29, 1.82) is 0 Å². The molecule has 16 nitrogen and oxygen atoms in total. The number of hydrogen-bond donors (Lipinski definition) is 12. The summed E-state index contributed by atoms with van der Waals surface area (Å²) in [5.74, 6) is 0. The summed E-state index contributed by atoms with van der Waals surface area (Å²) in [6, 6.07) is 0. The van der Waals surface area contributed by atoms with E-state index in [2.05, 4.69) is 83.4 Å². The minimum atomic E-state index is 1.06. The smallest absolute Gasteiger partial charge is 0.0108 e. The second-order valence-corrected chi connectivity index (χ2v) is 17.5. The van der Waals surface area contributed by atoms with Crippen LogP contribution in [0, 0.1) is 0 Å². The lowest BCUT2D eigenvalue weighted by Gasteiger charge is -2.25. The molecule has 0 spiro atoms.